The molecule has 0 aliphatic carbocycles. The van der Waals surface area contributed by atoms with Gasteiger partial charge in [-0.3, -0.25) is 4.99 Å². The summed E-state index contributed by atoms with van der Waals surface area (Å²) >= 11 is 1.85. The topological polar surface area (TPSA) is 33.6 Å². The molecule has 1 heterocycles. The maximum absolute atomic E-state index is 5.13. The number of benzene rings is 1. The van der Waals surface area contributed by atoms with Crippen LogP contribution in [0, 0.1) is 0 Å². The van der Waals surface area contributed by atoms with Crippen molar-refractivity contribution in [3.63, 3.8) is 0 Å². The van der Waals surface area contributed by atoms with Crippen molar-refractivity contribution < 1.29 is 4.74 Å². The largest absolute Gasteiger partial charge is 0.497 e. The van der Waals surface area contributed by atoms with Gasteiger partial charge in [0.2, 0.25) is 0 Å². The van der Waals surface area contributed by atoms with Gasteiger partial charge in [0, 0.05) is 11.8 Å². The number of aliphatic imine (C=N–C) groups is 1. The average molecular weight is 250 g/mol. The molecule has 4 heteroatoms. The van der Waals surface area contributed by atoms with Crippen LogP contribution in [0.5, 0.6) is 5.75 Å². The molecule has 1 unspecified atom stereocenters. The smallest absolute Gasteiger partial charge is 0.157 e. The first-order valence-corrected chi connectivity index (χ1v) is 6.77. The first kappa shape index (κ1) is 12.3. The molecule has 3 nitrogen and oxygen atoms in total. The molecule has 1 aromatic rings. The molecular formula is C13H18N2OS. The summed E-state index contributed by atoms with van der Waals surface area (Å²) in [4.78, 5) is 4.48. The van der Waals surface area contributed by atoms with Gasteiger partial charge in [0.05, 0.1) is 13.7 Å². The summed E-state index contributed by atoms with van der Waals surface area (Å²) in [6, 6.07) is 8.11. The van der Waals surface area contributed by atoms with Gasteiger partial charge < -0.3 is 10.1 Å². The summed E-state index contributed by atoms with van der Waals surface area (Å²) in [5.41, 5.74) is 1.24. The van der Waals surface area contributed by atoms with Gasteiger partial charge in [-0.15, -0.1) is 0 Å². The molecular weight excluding hydrogens is 232 g/mol. The van der Waals surface area contributed by atoms with Crippen molar-refractivity contribution >= 4 is 16.9 Å². The van der Waals surface area contributed by atoms with Crippen LogP contribution in [0.15, 0.2) is 29.3 Å². The van der Waals surface area contributed by atoms with Crippen molar-refractivity contribution in [3.8, 4) is 5.75 Å². The van der Waals surface area contributed by atoms with E-state index in [4.69, 9.17) is 4.74 Å². The van der Waals surface area contributed by atoms with E-state index in [1.807, 2.05) is 23.9 Å². The number of ether oxygens (including phenoxy) is 1. The number of nitrogens with one attached hydrogen (secondary N) is 1. The molecule has 0 bridgehead atoms. The quantitative estimate of drug-likeness (QED) is 0.892. The molecule has 0 amide bonds. The van der Waals surface area contributed by atoms with Crippen LogP contribution in [0.25, 0.3) is 0 Å². The standard InChI is InChI=1S/C13H18N2OS/c1-3-12-9-15-13(17-12)14-8-10-4-6-11(16-2)7-5-10/h4-7,12H,3,8-9H2,1-2H3,(H,14,15). The SMILES string of the molecule is CCC1CN=C(NCc2ccc(OC)cc2)S1. The molecule has 0 aromatic heterocycles. The summed E-state index contributed by atoms with van der Waals surface area (Å²) < 4.78 is 5.13. The fourth-order valence-electron chi connectivity index (χ4n) is 1.65. The maximum Gasteiger partial charge on any atom is 0.157 e. The van der Waals surface area contributed by atoms with Gasteiger partial charge in [-0.2, -0.15) is 0 Å². The van der Waals surface area contributed by atoms with Crippen LogP contribution in [0.4, 0.5) is 0 Å². The Balaban J connectivity index is 1.82. The van der Waals surface area contributed by atoms with Crippen LogP contribution in [-0.4, -0.2) is 24.1 Å². The summed E-state index contributed by atoms with van der Waals surface area (Å²) in [7, 11) is 1.68. The molecule has 0 saturated carbocycles. The third-order valence-electron chi connectivity index (χ3n) is 2.77. The molecule has 0 spiro atoms. The lowest BCUT2D eigenvalue weighted by Crippen LogP contribution is -2.18. The summed E-state index contributed by atoms with van der Waals surface area (Å²) in [6.07, 6.45) is 1.18. The van der Waals surface area contributed by atoms with Gasteiger partial charge in [0.25, 0.3) is 0 Å². The zero-order valence-electron chi connectivity index (χ0n) is 10.3. The molecule has 1 aliphatic heterocycles. The molecule has 1 aliphatic rings. The van der Waals surface area contributed by atoms with Crippen molar-refractivity contribution in [2.75, 3.05) is 13.7 Å². The highest BCUT2D eigenvalue weighted by Crippen LogP contribution is 2.22. The van der Waals surface area contributed by atoms with Crippen LogP contribution in [0.1, 0.15) is 18.9 Å². The molecule has 0 radical (unpaired) electrons. The predicted molar refractivity (Wildman–Crippen MR) is 73.8 cm³/mol. The van der Waals surface area contributed by atoms with Crippen molar-refractivity contribution in [2.45, 2.75) is 25.1 Å². The number of nitrogens with zero attached hydrogens (tertiary/aromatic N) is 1. The second-order valence-corrected chi connectivity index (χ2v) is 5.28. The van der Waals surface area contributed by atoms with Crippen molar-refractivity contribution in [3.05, 3.63) is 29.8 Å². The third-order valence-corrected chi connectivity index (χ3v) is 4.09. The third kappa shape index (κ3) is 3.40. The van der Waals surface area contributed by atoms with E-state index in [0.717, 1.165) is 24.0 Å². The van der Waals surface area contributed by atoms with Crippen LogP contribution in [0.3, 0.4) is 0 Å². The second-order valence-electron chi connectivity index (χ2n) is 4.00. The number of amidine groups is 1. The normalized spacial score (nSPS) is 18.9. The lowest BCUT2D eigenvalue weighted by molar-refractivity contribution is 0.414. The highest BCUT2D eigenvalue weighted by Gasteiger charge is 2.16. The Labute approximate surface area is 107 Å². The Morgan fingerprint density at radius 3 is 2.76 bits per heavy atom. The van der Waals surface area contributed by atoms with E-state index in [1.165, 1.54) is 12.0 Å². The average Bonchev–Trinajstić information content (AvgIpc) is 2.85. The van der Waals surface area contributed by atoms with Crippen LogP contribution >= 0.6 is 11.8 Å². The van der Waals surface area contributed by atoms with Crippen LogP contribution in [-0.2, 0) is 6.54 Å². The lowest BCUT2D eigenvalue weighted by Gasteiger charge is -2.07. The summed E-state index contributed by atoms with van der Waals surface area (Å²) in [5, 5.41) is 5.11. The minimum Gasteiger partial charge on any atom is -0.497 e. The number of hydrogen-bond donors (Lipinski definition) is 1. The molecule has 17 heavy (non-hydrogen) atoms. The van der Waals surface area contributed by atoms with E-state index in [9.17, 15) is 0 Å². The molecule has 1 atom stereocenters. The highest BCUT2D eigenvalue weighted by atomic mass is 32.2. The van der Waals surface area contributed by atoms with Crippen LogP contribution in [0.2, 0.25) is 0 Å². The highest BCUT2D eigenvalue weighted by molar-refractivity contribution is 8.14. The molecule has 92 valence electrons. The molecule has 2 rings (SSSR count). The van der Waals surface area contributed by atoms with Crippen molar-refractivity contribution in [1.82, 2.24) is 5.32 Å². The minimum absolute atomic E-state index is 0.661. The Hall–Kier alpha value is -1.16. The van der Waals surface area contributed by atoms with Gasteiger partial charge in [-0.25, -0.2) is 0 Å². The first-order valence-electron chi connectivity index (χ1n) is 5.89. The number of hydrogen-bond acceptors (Lipinski definition) is 4. The van der Waals surface area contributed by atoms with E-state index >= 15 is 0 Å². The van der Waals surface area contributed by atoms with E-state index in [-0.39, 0.29) is 0 Å². The second kappa shape index (κ2) is 5.96. The minimum atomic E-state index is 0.661. The fraction of sp³-hybridized carbons (Fsp3) is 0.462. The van der Waals surface area contributed by atoms with Gasteiger partial charge in [0.15, 0.2) is 5.17 Å². The van der Waals surface area contributed by atoms with Crippen LogP contribution < -0.4 is 10.1 Å². The van der Waals surface area contributed by atoms with Gasteiger partial charge >= 0.3 is 0 Å². The van der Waals surface area contributed by atoms with Gasteiger partial charge in [-0.1, -0.05) is 30.8 Å². The number of rotatable bonds is 4. The zero-order chi connectivity index (χ0) is 12.1. The Morgan fingerprint density at radius 1 is 1.41 bits per heavy atom. The Kier molecular flexibility index (Phi) is 4.31. The predicted octanol–water partition coefficient (Wildman–Crippen LogP) is 2.67. The summed E-state index contributed by atoms with van der Waals surface area (Å²) in [5.74, 6) is 0.896. The molecule has 0 saturated heterocycles. The van der Waals surface area contributed by atoms with E-state index < -0.39 is 0 Å². The first-order chi connectivity index (χ1) is 8.31. The number of thioether (sulfide) groups is 1. The molecule has 1 aromatic carbocycles. The Bertz CT molecular complexity index is 389. The van der Waals surface area contributed by atoms with Gasteiger partial charge in [-0.05, 0) is 24.1 Å². The Morgan fingerprint density at radius 2 is 2.18 bits per heavy atom. The fourth-order valence-corrected chi connectivity index (χ4v) is 2.58. The monoisotopic (exact) mass is 250 g/mol. The van der Waals surface area contributed by atoms with Crippen molar-refractivity contribution in [2.24, 2.45) is 4.99 Å². The van der Waals surface area contributed by atoms with E-state index in [0.29, 0.717) is 5.25 Å². The van der Waals surface area contributed by atoms with E-state index in [2.05, 4.69) is 29.4 Å². The molecule has 0 fully saturated rings. The van der Waals surface area contributed by atoms with Gasteiger partial charge in [0.1, 0.15) is 5.75 Å². The molecule has 1 N–H and O–H groups in total. The maximum atomic E-state index is 5.13. The lowest BCUT2D eigenvalue weighted by atomic mass is 10.2. The zero-order valence-corrected chi connectivity index (χ0v) is 11.1. The number of methoxy groups -OCH3 is 1. The van der Waals surface area contributed by atoms with Crippen molar-refractivity contribution in [1.29, 1.82) is 0 Å². The summed E-state index contributed by atoms with van der Waals surface area (Å²) in [6.45, 7) is 3.98. The van der Waals surface area contributed by atoms with E-state index in [1.54, 1.807) is 7.11 Å².